The van der Waals surface area contributed by atoms with Crippen LogP contribution in [-0.2, 0) is 0 Å². The molecule has 0 saturated carbocycles. The second kappa shape index (κ2) is 6.77. The average Bonchev–Trinajstić information content (AvgIpc) is 2.49. The first-order valence-electron chi connectivity index (χ1n) is 7.49. The molecule has 0 aromatic heterocycles. The predicted octanol–water partition coefficient (Wildman–Crippen LogP) is 4.72. The molecule has 2 atom stereocenters. The van der Waals surface area contributed by atoms with Gasteiger partial charge in [0.1, 0.15) is 5.75 Å². The summed E-state index contributed by atoms with van der Waals surface area (Å²) in [6.07, 6.45) is 0. The molecule has 0 heterocycles. The van der Waals surface area contributed by atoms with Crippen LogP contribution in [0.15, 0.2) is 42.5 Å². The molecule has 0 amide bonds. The summed E-state index contributed by atoms with van der Waals surface area (Å²) in [5, 5.41) is 3.65. The van der Waals surface area contributed by atoms with Gasteiger partial charge in [-0.05, 0) is 50.5 Å². The first kappa shape index (κ1) is 15.6. The predicted molar refractivity (Wildman–Crippen MR) is 88.9 cm³/mol. The van der Waals surface area contributed by atoms with Crippen LogP contribution in [-0.4, -0.2) is 7.11 Å². The van der Waals surface area contributed by atoms with E-state index in [1.807, 2.05) is 12.1 Å². The highest BCUT2D eigenvalue weighted by Crippen LogP contribution is 2.27. The number of para-hydroxylation sites is 1. The number of hydrogen-bond acceptors (Lipinski definition) is 2. The van der Waals surface area contributed by atoms with Crippen LogP contribution in [0.2, 0.25) is 0 Å². The van der Waals surface area contributed by atoms with E-state index in [4.69, 9.17) is 4.74 Å². The van der Waals surface area contributed by atoms with Gasteiger partial charge in [-0.3, -0.25) is 0 Å². The molecule has 0 aliphatic carbocycles. The monoisotopic (exact) mass is 283 g/mol. The Morgan fingerprint density at radius 1 is 0.905 bits per heavy atom. The van der Waals surface area contributed by atoms with Gasteiger partial charge < -0.3 is 10.1 Å². The number of methoxy groups -OCH3 is 1. The number of aryl methyl sites for hydroxylation is 2. The summed E-state index contributed by atoms with van der Waals surface area (Å²) in [5.74, 6) is 0.935. The quantitative estimate of drug-likeness (QED) is 0.857. The highest BCUT2D eigenvalue weighted by molar-refractivity contribution is 5.36. The minimum atomic E-state index is 0.234. The van der Waals surface area contributed by atoms with Crippen molar-refractivity contribution in [3.63, 3.8) is 0 Å². The van der Waals surface area contributed by atoms with Gasteiger partial charge in [0.2, 0.25) is 0 Å². The number of benzene rings is 2. The summed E-state index contributed by atoms with van der Waals surface area (Å²) in [6, 6.07) is 15.4. The van der Waals surface area contributed by atoms with Gasteiger partial charge in [-0.1, -0.05) is 36.4 Å². The van der Waals surface area contributed by atoms with Crippen molar-refractivity contribution in [3.05, 3.63) is 64.7 Å². The van der Waals surface area contributed by atoms with Crippen LogP contribution in [0, 0.1) is 13.8 Å². The minimum absolute atomic E-state index is 0.234. The maximum Gasteiger partial charge on any atom is 0.123 e. The molecular formula is C19H25NO. The molecule has 2 nitrogen and oxygen atoms in total. The van der Waals surface area contributed by atoms with Crippen molar-refractivity contribution in [3.8, 4) is 5.75 Å². The van der Waals surface area contributed by atoms with E-state index < -0.39 is 0 Å². The molecule has 112 valence electrons. The fourth-order valence-electron chi connectivity index (χ4n) is 2.62. The fourth-order valence-corrected chi connectivity index (χ4v) is 2.62. The summed E-state index contributed by atoms with van der Waals surface area (Å²) in [7, 11) is 1.72. The minimum Gasteiger partial charge on any atom is -0.496 e. The lowest BCUT2D eigenvalue weighted by Crippen LogP contribution is -2.23. The van der Waals surface area contributed by atoms with Crippen LogP contribution >= 0.6 is 0 Å². The zero-order chi connectivity index (χ0) is 15.4. The normalized spacial score (nSPS) is 13.8. The van der Waals surface area contributed by atoms with Gasteiger partial charge in [0.05, 0.1) is 7.11 Å². The standard InChI is InChI=1S/C19H25NO/c1-13-10-11-17(12-14(13)2)15(3)20-16(4)18-8-6-7-9-19(18)21-5/h6-12,15-16,20H,1-5H3. The van der Waals surface area contributed by atoms with Gasteiger partial charge in [-0.2, -0.15) is 0 Å². The molecule has 21 heavy (non-hydrogen) atoms. The molecule has 0 bridgehead atoms. The first-order chi connectivity index (χ1) is 10.0. The summed E-state index contributed by atoms with van der Waals surface area (Å²) < 4.78 is 5.45. The van der Waals surface area contributed by atoms with Gasteiger partial charge in [0, 0.05) is 17.6 Å². The van der Waals surface area contributed by atoms with Crippen molar-refractivity contribution in [2.45, 2.75) is 39.8 Å². The second-order valence-corrected chi connectivity index (χ2v) is 5.70. The van der Waals surface area contributed by atoms with Gasteiger partial charge in [0.15, 0.2) is 0 Å². The van der Waals surface area contributed by atoms with Crippen molar-refractivity contribution < 1.29 is 4.74 Å². The molecule has 2 aromatic carbocycles. The van der Waals surface area contributed by atoms with E-state index in [0.717, 1.165) is 5.75 Å². The smallest absolute Gasteiger partial charge is 0.123 e. The third-order valence-corrected chi connectivity index (χ3v) is 4.14. The molecule has 2 unspecified atom stereocenters. The zero-order valence-corrected chi connectivity index (χ0v) is 13.6. The van der Waals surface area contributed by atoms with Gasteiger partial charge in [-0.25, -0.2) is 0 Å². The zero-order valence-electron chi connectivity index (χ0n) is 13.6. The first-order valence-corrected chi connectivity index (χ1v) is 7.49. The van der Waals surface area contributed by atoms with Crippen LogP contribution in [0.4, 0.5) is 0 Å². The lowest BCUT2D eigenvalue weighted by atomic mass is 10.00. The number of ether oxygens (including phenoxy) is 1. The van der Waals surface area contributed by atoms with Crippen LogP contribution < -0.4 is 10.1 Å². The molecule has 2 aromatic rings. The Bertz CT molecular complexity index is 606. The van der Waals surface area contributed by atoms with Crippen molar-refractivity contribution >= 4 is 0 Å². The number of nitrogens with one attached hydrogen (secondary N) is 1. The van der Waals surface area contributed by atoms with E-state index in [-0.39, 0.29) is 6.04 Å². The highest BCUT2D eigenvalue weighted by Gasteiger charge is 2.14. The number of rotatable bonds is 5. The van der Waals surface area contributed by atoms with Crippen molar-refractivity contribution in [1.82, 2.24) is 5.32 Å². The Morgan fingerprint density at radius 3 is 2.29 bits per heavy atom. The topological polar surface area (TPSA) is 21.3 Å². The molecule has 2 heteroatoms. The largest absolute Gasteiger partial charge is 0.496 e. The van der Waals surface area contributed by atoms with Crippen LogP contribution in [0.25, 0.3) is 0 Å². The Labute approximate surface area is 128 Å². The summed E-state index contributed by atoms with van der Waals surface area (Å²) >= 11 is 0. The van der Waals surface area contributed by atoms with Gasteiger partial charge in [-0.15, -0.1) is 0 Å². The maximum atomic E-state index is 5.45. The van der Waals surface area contributed by atoms with E-state index in [0.29, 0.717) is 6.04 Å². The van der Waals surface area contributed by atoms with E-state index >= 15 is 0 Å². The van der Waals surface area contributed by atoms with E-state index in [2.05, 4.69) is 63.3 Å². The summed E-state index contributed by atoms with van der Waals surface area (Å²) in [4.78, 5) is 0. The molecule has 2 rings (SSSR count). The van der Waals surface area contributed by atoms with E-state index in [9.17, 15) is 0 Å². The lowest BCUT2D eigenvalue weighted by molar-refractivity contribution is 0.396. The molecule has 0 aliphatic rings. The highest BCUT2D eigenvalue weighted by atomic mass is 16.5. The Kier molecular flexibility index (Phi) is 5.03. The van der Waals surface area contributed by atoms with Crippen molar-refractivity contribution in [1.29, 1.82) is 0 Å². The Balaban J connectivity index is 2.14. The van der Waals surface area contributed by atoms with Crippen LogP contribution in [0.1, 0.15) is 48.2 Å². The van der Waals surface area contributed by atoms with Crippen molar-refractivity contribution in [2.24, 2.45) is 0 Å². The maximum absolute atomic E-state index is 5.45. The van der Waals surface area contributed by atoms with Gasteiger partial charge in [0.25, 0.3) is 0 Å². The SMILES string of the molecule is COc1ccccc1C(C)NC(C)c1ccc(C)c(C)c1. The average molecular weight is 283 g/mol. The van der Waals surface area contributed by atoms with Crippen molar-refractivity contribution in [2.75, 3.05) is 7.11 Å². The number of hydrogen-bond donors (Lipinski definition) is 1. The third-order valence-electron chi connectivity index (χ3n) is 4.14. The van der Waals surface area contributed by atoms with E-state index in [1.54, 1.807) is 7.11 Å². The molecule has 0 spiro atoms. The van der Waals surface area contributed by atoms with Crippen LogP contribution in [0.3, 0.4) is 0 Å². The molecule has 0 fully saturated rings. The Hall–Kier alpha value is -1.80. The second-order valence-electron chi connectivity index (χ2n) is 5.70. The molecule has 0 saturated heterocycles. The Morgan fingerprint density at radius 2 is 1.62 bits per heavy atom. The molecule has 0 radical (unpaired) electrons. The third kappa shape index (κ3) is 3.64. The fraction of sp³-hybridized carbons (Fsp3) is 0.368. The summed E-state index contributed by atoms with van der Waals surface area (Å²) in [6.45, 7) is 8.69. The molecule has 0 aliphatic heterocycles. The summed E-state index contributed by atoms with van der Waals surface area (Å²) in [5.41, 5.74) is 5.19. The molecule has 1 N–H and O–H groups in total. The van der Waals surface area contributed by atoms with Crippen LogP contribution in [0.5, 0.6) is 5.75 Å². The molecular weight excluding hydrogens is 258 g/mol. The van der Waals surface area contributed by atoms with Gasteiger partial charge >= 0.3 is 0 Å². The van der Waals surface area contributed by atoms with E-state index in [1.165, 1.54) is 22.3 Å². The lowest BCUT2D eigenvalue weighted by Gasteiger charge is -2.23.